The summed E-state index contributed by atoms with van der Waals surface area (Å²) in [7, 11) is 0. The van der Waals surface area contributed by atoms with E-state index in [1.54, 1.807) is 12.1 Å². The molecule has 1 aliphatic rings. The number of phenolic OH excluding ortho intramolecular Hbond substituents is 1. The molecular formula is C13H20N2O2. The highest BCUT2D eigenvalue weighted by Crippen LogP contribution is 2.13. The standard InChI is InChI=1S/C8H9NO2.C5H11N/c1-6(10)9-7-2-4-8(11)5-3-7;1-2-4-6-5-3-1/h2-5,11H,1H3,(H,9,10);6H,1-5H2. The van der Waals surface area contributed by atoms with Crippen molar-refractivity contribution < 1.29 is 9.90 Å². The van der Waals surface area contributed by atoms with Gasteiger partial charge in [-0.25, -0.2) is 0 Å². The Hall–Kier alpha value is -1.55. The fourth-order valence-electron chi connectivity index (χ4n) is 1.55. The Balaban J connectivity index is 0.000000202. The Labute approximate surface area is 102 Å². The van der Waals surface area contributed by atoms with Crippen molar-refractivity contribution in [2.45, 2.75) is 26.2 Å². The van der Waals surface area contributed by atoms with Gasteiger partial charge in [0.2, 0.25) is 5.91 Å². The Morgan fingerprint density at radius 1 is 1.18 bits per heavy atom. The summed E-state index contributed by atoms with van der Waals surface area (Å²) in [5, 5.41) is 14.7. The van der Waals surface area contributed by atoms with E-state index in [9.17, 15) is 4.79 Å². The summed E-state index contributed by atoms with van der Waals surface area (Å²) in [4.78, 5) is 10.5. The monoisotopic (exact) mass is 236 g/mol. The minimum Gasteiger partial charge on any atom is -0.508 e. The Kier molecular flexibility index (Phi) is 6.10. The number of carbonyl (C=O) groups excluding carboxylic acids is 1. The molecule has 0 atom stereocenters. The second kappa shape index (κ2) is 7.68. The van der Waals surface area contributed by atoms with Crippen molar-refractivity contribution in [3.8, 4) is 5.75 Å². The smallest absolute Gasteiger partial charge is 0.221 e. The molecule has 1 fully saturated rings. The number of anilines is 1. The lowest BCUT2D eigenvalue weighted by atomic mass is 10.2. The zero-order chi connectivity index (χ0) is 12.5. The zero-order valence-electron chi connectivity index (χ0n) is 10.2. The van der Waals surface area contributed by atoms with Gasteiger partial charge in [-0.15, -0.1) is 0 Å². The number of amides is 1. The fourth-order valence-corrected chi connectivity index (χ4v) is 1.55. The van der Waals surface area contributed by atoms with Crippen molar-refractivity contribution in [2.75, 3.05) is 18.4 Å². The quantitative estimate of drug-likeness (QED) is 0.654. The maximum Gasteiger partial charge on any atom is 0.221 e. The molecule has 1 aliphatic heterocycles. The molecule has 1 aromatic carbocycles. The molecule has 0 unspecified atom stereocenters. The molecule has 0 aromatic heterocycles. The maximum absolute atomic E-state index is 10.5. The second-order valence-corrected chi connectivity index (χ2v) is 4.04. The third-order valence-corrected chi connectivity index (χ3v) is 2.39. The molecule has 0 bridgehead atoms. The van der Waals surface area contributed by atoms with Crippen molar-refractivity contribution in [1.29, 1.82) is 0 Å². The first-order valence-electron chi connectivity index (χ1n) is 5.96. The van der Waals surface area contributed by atoms with Gasteiger partial charge in [-0.2, -0.15) is 0 Å². The Morgan fingerprint density at radius 2 is 1.76 bits per heavy atom. The van der Waals surface area contributed by atoms with Crippen LogP contribution >= 0.6 is 0 Å². The van der Waals surface area contributed by atoms with Gasteiger partial charge in [-0.1, -0.05) is 6.42 Å². The normalized spacial score (nSPS) is 14.4. The molecule has 0 saturated carbocycles. The Morgan fingerprint density at radius 3 is 2.12 bits per heavy atom. The van der Waals surface area contributed by atoms with Crippen LogP contribution in [0.3, 0.4) is 0 Å². The predicted molar refractivity (Wildman–Crippen MR) is 69.1 cm³/mol. The van der Waals surface area contributed by atoms with Gasteiger partial charge in [-0.3, -0.25) is 4.79 Å². The number of nitrogens with one attached hydrogen (secondary N) is 2. The van der Waals surface area contributed by atoms with E-state index in [0.29, 0.717) is 5.69 Å². The van der Waals surface area contributed by atoms with E-state index in [4.69, 9.17) is 5.11 Å². The molecule has 1 amide bonds. The van der Waals surface area contributed by atoms with Gasteiger partial charge in [0.15, 0.2) is 0 Å². The molecule has 94 valence electrons. The largest absolute Gasteiger partial charge is 0.508 e. The van der Waals surface area contributed by atoms with Crippen LogP contribution in [0.4, 0.5) is 5.69 Å². The zero-order valence-corrected chi connectivity index (χ0v) is 10.2. The molecule has 0 spiro atoms. The van der Waals surface area contributed by atoms with E-state index in [1.807, 2.05) is 0 Å². The van der Waals surface area contributed by atoms with Gasteiger partial charge >= 0.3 is 0 Å². The molecule has 0 aliphatic carbocycles. The predicted octanol–water partition coefficient (Wildman–Crippen LogP) is 2.11. The maximum atomic E-state index is 10.5. The van der Waals surface area contributed by atoms with Crippen LogP contribution in [0.1, 0.15) is 26.2 Å². The average molecular weight is 236 g/mol. The van der Waals surface area contributed by atoms with Crippen LogP contribution in [0.15, 0.2) is 24.3 Å². The third kappa shape index (κ3) is 6.58. The van der Waals surface area contributed by atoms with E-state index in [2.05, 4.69) is 10.6 Å². The average Bonchev–Trinajstić information content (AvgIpc) is 2.35. The van der Waals surface area contributed by atoms with E-state index in [1.165, 1.54) is 51.4 Å². The molecule has 4 heteroatoms. The number of benzene rings is 1. The third-order valence-electron chi connectivity index (χ3n) is 2.39. The highest BCUT2D eigenvalue weighted by Gasteiger charge is 1.94. The number of aromatic hydroxyl groups is 1. The summed E-state index contributed by atoms with van der Waals surface area (Å²) in [6.07, 6.45) is 4.22. The number of hydrogen-bond donors (Lipinski definition) is 3. The summed E-state index contributed by atoms with van der Waals surface area (Å²) >= 11 is 0. The second-order valence-electron chi connectivity index (χ2n) is 4.04. The molecule has 2 rings (SSSR count). The molecule has 1 heterocycles. The summed E-state index contributed by atoms with van der Waals surface area (Å²) in [5.41, 5.74) is 0.690. The summed E-state index contributed by atoms with van der Waals surface area (Å²) in [6, 6.07) is 6.31. The molecule has 1 saturated heterocycles. The molecular weight excluding hydrogens is 216 g/mol. The Bertz CT molecular complexity index is 320. The summed E-state index contributed by atoms with van der Waals surface area (Å²) in [5.74, 6) is 0.0785. The molecule has 17 heavy (non-hydrogen) atoms. The first-order valence-corrected chi connectivity index (χ1v) is 5.96. The number of rotatable bonds is 1. The molecule has 3 N–H and O–H groups in total. The van der Waals surface area contributed by atoms with Crippen LogP contribution in [0.5, 0.6) is 5.75 Å². The minimum atomic E-state index is -0.115. The van der Waals surface area contributed by atoms with E-state index in [0.717, 1.165) is 0 Å². The number of carbonyl (C=O) groups is 1. The molecule has 1 aromatic rings. The van der Waals surface area contributed by atoms with Crippen molar-refractivity contribution >= 4 is 11.6 Å². The van der Waals surface area contributed by atoms with Crippen LogP contribution in [0.25, 0.3) is 0 Å². The van der Waals surface area contributed by atoms with Crippen LogP contribution in [0, 0.1) is 0 Å². The van der Waals surface area contributed by atoms with E-state index in [-0.39, 0.29) is 11.7 Å². The SMILES string of the molecule is C1CCNCC1.CC(=O)Nc1ccc(O)cc1. The number of phenols is 1. The molecule has 0 radical (unpaired) electrons. The van der Waals surface area contributed by atoms with Gasteiger partial charge in [0, 0.05) is 12.6 Å². The lowest BCUT2D eigenvalue weighted by Gasteiger charge is -2.08. The fraction of sp³-hybridized carbons (Fsp3) is 0.462. The van der Waals surface area contributed by atoms with Gasteiger partial charge in [0.25, 0.3) is 0 Å². The lowest BCUT2D eigenvalue weighted by molar-refractivity contribution is -0.114. The first kappa shape index (κ1) is 13.5. The van der Waals surface area contributed by atoms with Crippen LogP contribution in [-0.2, 0) is 4.79 Å². The summed E-state index contributed by atoms with van der Waals surface area (Å²) < 4.78 is 0. The van der Waals surface area contributed by atoms with Crippen molar-refractivity contribution in [2.24, 2.45) is 0 Å². The highest BCUT2D eigenvalue weighted by molar-refractivity contribution is 5.88. The van der Waals surface area contributed by atoms with Gasteiger partial charge < -0.3 is 15.7 Å². The van der Waals surface area contributed by atoms with Gasteiger partial charge in [-0.05, 0) is 50.2 Å². The number of hydrogen-bond acceptors (Lipinski definition) is 3. The van der Waals surface area contributed by atoms with Crippen LogP contribution in [-0.4, -0.2) is 24.1 Å². The van der Waals surface area contributed by atoms with Crippen molar-refractivity contribution in [3.63, 3.8) is 0 Å². The van der Waals surface area contributed by atoms with E-state index < -0.39 is 0 Å². The van der Waals surface area contributed by atoms with E-state index >= 15 is 0 Å². The first-order chi connectivity index (χ1) is 8.18. The van der Waals surface area contributed by atoms with Crippen molar-refractivity contribution in [3.05, 3.63) is 24.3 Å². The van der Waals surface area contributed by atoms with Gasteiger partial charge in [0.05, 0.1) is 0 Å². The number of piperidine rings is 1. The molecule has 4 nitrogen and oxygen atoms in total. The summed E-state index contributed by atoms with van der Waals surface area (Å²) in [6.45, 7) is 3.94. The lowest BCUT2D eigenvalue weighted by Crippen LogP contribution is -2.21. The minimum absolute atomic E-state index is 0.115. The van der Waals surface area contributed by atoms with Crippen molar-refractivity contribution in [1.82, 2.24) is 5.32 Å². The topological polar surface area (TPSA) is 61.4 Å². The van der Waals surface area contributed by atoms with Crippen LogP contribution < -0.4 is 10.6 Å². The highest BCUT2D eigenvalue weighted by atomic mass is 16.3. The van der Waals surface area contributed by atoms with Crippen LogP contribution in [0.2, 0.25) is 0 Å². The van der Waals surface area contributed by atoms with Gasteiger partial charge in [0.1, 0.15) is 5.75 Å².